The van der Waals surface area contributed by atoms with Crippen molar-refractivity contribution in [2.45, 2.75) is 13.1 Å². The van der Waals surface area contributed by atoms with Crippen molar-refractivity contribution in [2.75, 3.05) is 7.11 Å². The number of carbonyl (C=O) groups is 1. The van der Waals surface area contributed by atoms with Crippen molar-refractivity contribution in [1.82, 2.24) is 14.9 Å². The van der Waals surface area contributed by atoms with E-state index >= 15 is 0 Å². The van der Waals surface area contributed by atoms with Crippen molar-refractivity contribution in [3.05, 3.63) is 77.9 Å². The summed E-state index contributed by atoms with van der Waals surface area (Å²) in [5, 5.41) is 0. The number of amides is 1. The summed E-state index contributed by atoms with van der Waals surface area (Å²) in [7, 11) is 1.65. The lowest BCUT2D eigenvalue weighted by Crippen LogP contribution is -2.25. The minimum absolute atomic E-state index is 0.00944. The molecule has 1 aliphatic rings. The Labute approximate surface area is 145 Å². The Balaban J connectivity index is 1.53. The lowest BCUT2D eigenvalue weighted by atomic mass is 10.0. The second-order valence-electron chi connectivity index (χ2n) is 5.97. The number of carbonyl (C=O) groups excluding carboxylic acids is 1. The van der Waals surface area contributed by atoms with Crippen LogP contribution in [-0.4, -0.2) is 27.9 Å². The first kappa shape index (κ1) is 15.3. The van der Waals surface area contributed by atoms with Crippen LogP contribution in [0.15, 0.2) is 61.1 Å². The average molecular weight is 331 g/mol. The molecule has 3 aromatic rings. The number of aromatic nitrogens is 2. The second kappa shape index (κ2) is 6.36. The number of fused-ring (bicyclic) bond motifs is 1. The SMILES string of the molecule is COc1cccc(-c2ccc(C(=O)N3Cc4cncnc4C3)cc2)c1. The largest absolute Gasteiger partial charge is 0.497 e. The van der Waals surface area contributed by atoms with E-state index in [1.807, 2.05) is 48.5 Å². The zero-order valence-electron chi connectivity index (χ0n) is 13.8. The Morgan fingerprint density at radius 2 is 1.92 bits per heavy atom. The molecule has 5 nitrogen and oxygen atoms in total. The molecule has 0 fully saturated rings. The maximum Gasteiger partial charge on any atom is 0.254 e. The van der Waals surface area contributed by atoms with Crippen LogP contribution in [0.1, 0.15) is 21.6 Å². The maximum absolute atomic E-state index is 12.7. The quantitative estimate of drug-likeness (QED) is 0.739. The van der Waals surface area contributed by atoms with E-state index in [0.717, 1.165) is 28.1 Å². The summed E-state index contributed by atoms with van der Waals surface area (Å²) < 4.78 is 5.26. The van der Waals surface area contributed by atoms with Gasteiger partial charge in [0.15, 0.2) is 0 Å². The van der Waals surface area contributed by atoms with Crippen molar-refractivity contribution in [3.8, 4) is 16.9 Å². The molecule has 0 atom stereocenters. The fraction of sp³-hybridized carbons (Fsp3) is 0.150. The number of hydrogen-bond donors (Lipinski definition) is 0. The third kappa shape index (κ3) is 2.96. The van der Waals surface area contributed by atoms with Gasteiger partial charge < -0.3 is 9.64 Å². The van der Waals surface area contributed by atoms with Crippen LogP contribution in [-0.2, 0) is 13.1 Å². The fourth-order valence-corrected chi connectivity index (χ4v) is 3.03. The molecule has 5 heteroatoms. The standard InChI is InChI=1S/C20H17N3O2/c1-25-18-4-2-3-16(9-18)14-5-7-15(8-6-14)20(24)23-11-17-10-21-13-22-19(17)12-23/h2-10,13H,11-12H2,1H3. The van der Waals surface area contributed by atoms with Gasteiger partial charge in [-0.3, -0.25) is 4.79 Å². The summed E-state index contributed by atoms with van der Waals surface area (Å²) in [4.78, 5) is 22.8. The van der Waals surface area contributed by atoms with E-state index < -0.39 is 0 Å². The first-order valence-electron chi connectivity index (χ1n) is 8.06. The van der Waals surface area contributed by atoms with Gasteiger partial charge in [0.05, 0.1) is 19.3 Å². The lowest BCUT2D eigenvalue weighted by Gasteiger charge is -2.15. The zero-order valence-corrected chi connectivity index (χ0v) is 13.8. The Morgan fingerprint density at radius 3 is 2.68 bits per heavy atom. The Bertz CT molecular complexity index is 897. The molecule has 0 N–H and O–H groups in total. The number of ether oxygens (including phenoxy) is 1. The minimum atomic E-state index is 0.00944. The predicted molar refractivity (Wildman–Crippen MR) is 94.0 cm³/mol. The van der Waals surface area contributed by atoms with Crippen LogP contribution in [0.4, 0.5) is 0 Å². The molecule has 0 bridgehead atoms. The molecule has 0 radical (unpaired) electrons. The second-order valence-corrected chi connectivity index (χ2v) is 5.97. The number of nitrogens with zero attached hydrogens (tertiary/aromatic N) is 3. The van der Waals surface area contributed by atoms with E-state index in [9.17, 15) is 4.79 Å². The molecular formula is C20H17N3O2. The van der Waals surface area contributed by atoms with Gasteiger partial charge in [-0.15, -0.1) is 0 Å². The molecule has 1 aromatic heterocycles. The topological polar surface area (TPSA) is 55.3 Å². The highest BCUT2D eigenvalue weighted by molar-refractivity contribution is 5.95. The van der Waals surface area contributed by atoms with Crippen molar-refractivity contribution >= 4 is 5.91 Å². The average Bonchev–Trinajstić information content (AvgIpc) is 3.12. The van der Waals surface area contributed by atoms with E-state index in [1.165, 1.54) is 6.33 Å². The molecule has 0 saturated heterocycles. The van der Waals surface area contributed by atoms with Crippen LogP contribution < -0.4 is 4.74 Å². The van der Waals surface area contributed by atoms with Crippen LogP contribution in [0.5, 0.6) is 5.75 Å². The van der Waals surface area contributed by atoms with Crippen LogP contribution in [0.3, 0.4) is 0 Å². The molecule has 1 aliphatic heterocycles. The highest BCUT2D eigenvalue weighted by atomic mass is 16.5. The number of benzene rings is 2. The Morgan fingerprint density at radius 1 is 1.08 bits per heavy atom. The van der Waals surface area contributed by atoms with Gasteiger partial charge in [0.2, 0.25) is 0 Å². The normalized spacial score (nSPS) is 12.8. The monoisotopic (exact) mass is 331 g/mol. The molecule has 2 heterocycles. The molecule has 25 heavy (non-hydrogen) atoms. The molecule has 0 saturated carbocycles. The van der Waals surface area contributed by atoms with Gasteiger partial charge in [-0.1, -0.05) is 24.3 Å². The highest BCUT2D eigenvalue weighted by Crippen LogP contribution is 2.26. The van der Waals surface area contributed by atoms with Crippen molar-refractivity contribution < 1.29 is 9.53 Å². The summed E-state index contributed by atoms with van der Waals surface area (Å²) >= 11 is 0. The fourth-order valence-electron chi connectivity index (χ4n) is 3.03. The van der Waals surface area contributed by atoms with E-state index in [-0.39, 0.29) is 5.91 Å². The van der Waals surface area contributed by atoms with Crippen LogP contribution in [0, 0.1) is 0 Å². The molecule has 2 aromatic carbocycles. The molecule has 0 spiro atoms. The van der Waals surface area contributed by atoms with E-state index in [4.69, 9.17) is 4.74 Å². The first-order chi connectivity index (χ1) is 12.2. The smallest absolute Gasteiger partial charge is 0.254 e. The van der Waals surface area contributed by atoms with Gasteiger partial charge in [-0.05, 0) is 35.4 Å². The number of rotatable bonds is 3. The zero-order chi connectivity index (χ0) is 17.2. The van der Waals surface area contributed by atoms with E-state index in [1.54, 1.807) is 18.2 Å². The maximum atomic E-state index is 12.7. The summed E-state index contributed by atoms with van der Waals surface area (Å²) in [6, 6.07) is 15.5. The van der Waals surface area contributed by atoms with Crippen molar-refractivity contribution in [2.24, 2.45) is 0 Å². The summed E-state index contributed by atoms with van der Waals surface area (Å²) in [6.07, 6.45) is 3.30. The van der Waals surface area contributed by atoms with Crippen molar-refractivity contribution in [1.29, 1.82) is 0 Å². The molecule has 4 rings (SSSR count). The van der Waals surface area contributed by atoms with Gasteiger partial charge in [-0.2, -0.15) is 0 Å². The van der Waals surface area contributed by atoms with Gasteiger partial charge in [0, 0.05) is 23.9 Å². The van der Waals surface area contributed by atoms with Crippen LogP contribution in [0.25, 0.3) is 11.1 Å². The summed E-state index contributed by atoms with van der Waals surface area (Å²) in [5.74, 6) is 0.823. The van der Waals surface area contributed by atoms with Gasteiger partial charge in [-0.25, -0.2) is 9.97 Å². The number of methoxy groups -OCH3 is 1. The minimum Gasteiger partial charge on any atom is -0.497 e. The first-order valence-corrected chi connectivity index (χ1v) is 8.06. The molecule has 0 unspecified atom stereocenters. The molecule has 0 aliphatic carbocycles. The van der Waals surface area contributed by atoms with Crippen LogP contribution in [0.2, 0.25) is 0 Å². The van der Waals surface area contributed by atoms with E-state index in [2.05, 4.69) is 9.97 Å². The predicted octanol–water partition coefficient (Wildman–Crippen LogP) is 3.31. The molecule has 1 amide bonds. The summed E-state index contributed by atoms with van der Waals surface area (Å²) in [6.45, 7) is 1.10. The molecule has 124 valence electrons. The van der Waals surface area contributed by atoms with Gasteiger partial charge in [0.1, 0.15) is 12.1 Å². The third-order valence-corrected chi connectivity index (χ3v) is 4.41. The highest BCUT2D eigenvalue weighted by Gasteiger charge is 2.25. The van der Waals surface area contributed by atoms with Gasteiger partial charge >= 0.3 is 0 Å². The summed E-state index contributed by atoms with van der Waals surface area (Å²) in [5.41, 5.74) is 4.72. The van der Waals surface area contributed by atoms with Crippen molar-refractivity contribution in [3.63, 3.8) is 0 Å². The Hall–Kier alpha value is -3.21. The number of hydrogen-bond acceptors (Lipinski definition) is 4. The van der Waals surface area contributed by atoms with E-state index in [0.29, 0.717) is 18.7 Å². The lowest BCUT2D eigenvalue weighted by molar-refractivity contribution is 0.0750. The van der Waals surface area contributed by atoms with Crippen LogP contribution >= 0.6 is 0 Å². The van der Waals surface area contributed by atoms with Gasteiger partial charge in [0.25, 0.3) is 5.91 Å². The third-order valence-electron chi connectivity index (χ3n) is 4.41. The molecular weight excluding hydrogens is 314 g/mol. The Kier molecular flexibility index (Phi) is 3.90.